The van der Waals surface area contributed by atoms with Crippen molar-refractivity contribution in [3.8, 4) is 0 Å². The second-order valence-corrected chi connectivity index (χ2v) is 7.95. The fourth-order valence-corrected chi connectivity index (χ4v) is 3.53. The lowest BCUT2D eigenvalue weighted by atomic mass is 9.98. The first-order valence-electron chi connectivity index (χ1n) is 10.9. The van der Waals surface area contributed by atoms with Gasteiger partial charge in [0.05, 0.1) is 11.4 Å². The van der Waals surface area contributed by atoms with Gasteiger partial charge in [-0.3, -0.25) is 0 Å². The third-order valence-corrected chi connectivity index (χ3v) is 5.35. The van der Waals surface area contributed by atoms with Crippen molar-refractivity contribution in [1.82, 2.24) is 0 Å². The molecule has 0 aromatic heterocycles. The molecule has 0 spiro atoms. The molecule has 4 aromatic rings. The van der Waals surface area contributed by atoms with Crippen molar-refractivity contribution >= 4 is 22.8 Å². The summed E-state index contributed by atoms with van der Waals surface area (Å²) in [6, 6.07) is 37.3. The molecule has 0 fully saturated rings. The van der Waals surface area contributed by atoms with Gasteiger partial charge in [0.2, 0.25) is 0 Å². The number of aliphatic imine (C=N–C) groups is 1. The van der Waals surface area contributed by atoms with Crippen LogP contribution in [0.2, 0.25) is 0 Å². The number of benzene rings is 4. The zero-order chi connectivity index (χ0) is 22.3. The highest BCUT2D eigenvalue weighted by Gasteiger charge is 2.09. The van der Waals surface area contributed by atoms with Crippen LogP contribution in [0, 0.1) is 13.8 Å². The van der Waals surface area contributed by atoms with E-state index < -0.39 is 0 Å². The Morgan fingerprint density at radius 2 is 1.09 bits per heavy atom. The molecule has 0 aliphatic rings. The van der Waals surface area contributed by atoms with Crippen LogP contribution in [0.25, 0.3) is 11.0 Å². The van der Waals surface area contributed by atoms with Crippen LogP contribution >= 0.6 is 0 Å². The molecule has 0 N–H and O–H groups in total. The molecule has 0 amide bonds. The second kappa shape index (κ2) is 9.93. The van der Waals surface area contributed by atoms with Crippen molar-refractivity contribution in [2.24, 2.45) is 4.99 Å². The minimum absolute atomic E-state index is 0.921. The fourth-order valence-electron chi connectivity index (χ4n) is 3.53. The average Bonchev–Trinajstić information content (AvgIpc) is 2.84. The van der Waals surface area contributed by atoms with Gasteiger partial charge in [-0.2, -0.15) is 0 Å². The van der Waals surface area contributed by atoms with E-state index in [1.165, 1.54) is 11.1 Å². The fraction of sp³-hybridized carbons (Fsp3) is 0.100. The molecule has 0 heterocycles. The van der Waals surface area contributed by atoms with E-state index in [0.717, 1.165) is 39.5 Å². The third-order valence-electron chi connectivity index (χ3n) is 5.35. The van der Waals surface area contributed by atoms with Gasteiger partial charge in [0, 0.05) is 5.56 Å². The van der Waals surface area contributed by atoms with Crippen molar-refractivity contribution in [2.75, 3.05) is 0 Å². The zero-order valence-electron chi connectivity index (χ0n) is 18.8. The van der Waals surface area contributed by atoms with E-state index in [2.05, 4.69) is 93.6 Å². The van der Waals surface area contributed by atoms with Gasteiger partial charge in [-0.25, -0.2) is 4.99 Å². The van der Waals surface area contributed by atoms with Crippen molar-refractivity contribution < 1.29 is 0 Å². The summed E-state index contributed by atoms with van der Waals surface area (Å²) in [6.45, 7) is 6.29. The van der Waals surface area contributed by atoms with Crippen LogP contribution in [0.3, 0.4) is 0 Å². The summed E-state index contributed by atoms with van der Waals surface area (Å²) in [7, 11) is 0. The first-order valence-corrected chi connectivity index (χ1v) is 10.9. The highest BCUT2D eigenvalue weighted by atomic mass is 14.9. The normalized spacial score (nSPS) is 12.3. The van der Waals surface area contributed by atoms with Crippen LogP contribution in [0.5, 0.6) is 0 Å². The Morgan fingerprint density at radius 1 is 0.594 bits per heavy atom. The Morgan fingerprint density at radius 3 is 1.66 bits per heavy atom. The maximum atomic E-state index is 5.07. The molecular formula is C30H27N2-. The average molecular weight is 416 g/mol. The lowest BCUT2D eigenvalue weighted by Gasteiger charge is -2.30. The molecule has 0 saturated carbocycles. The molecule has 0 aliphatic heterocycles. The molecule has 0 radical (unpaired) electrons. The largest absolute Gasteiger partial charge is 0.657 e. The molecule has 2 heteroatoms. The molecule has 0 saturated heterocycles. The molecule has 0 unspecified atom stereocenters. The Hall–Kier alpha value is -3.91. The first-order chi connectivity index (χ1) is 15.6. The number of rotatable bonds is 6. The van der Waals surface area contributed by atoms with Gasteiger partial charge >= 0.3 is 0 Å². The van der Waals surface area contributed by atoms with Gasteiger partial charge in [-0.15, -0.1) is 11.4 Å². The molecular weight excluding hydrogens is 388 g/mol. The summed E-state index contributed by atoms with van der Waals surface area (Å²) in [5.41, 5.74) is 9.30. The minimum atomic E-state index is 0.921. The smallest absolute Gasteiger partial charge is 0.0726 e. The van der Waals surface area contributed by atoms with Crippen LogP contribution in [0.15, 0.2) is 120 Å². The molecule has 0 aliphatic carbocycles. The maximum Gasteiger partial charge on any atom is 0.0726 e. The summed E-state index contributed by atoms with van der Waals surface area (Å²) >= 11 is 0. The monoisotopic (exact) mass is 415 g/mol. The van der Waals surface area contributed by atoms with E-state index in [1.807, 2.05) is 36.4 Å². The molecule has 158 valence electrons. The molecule has 4 rings (SSSR count). The Bertz CT molecular complexity index is 1220. The van der Waals surface area contributed by atoms with Gasteiger partial charge in [0.15, 0.2) is 0 Å². The lowest BCUT2D eigenvalue weighted by Crippen LogP contribution is -2.05. The van der Waals surface area contributed by atoms with Crippen molar-refractivity contribution in [1.29, 1.82) is 0 Å². The van der Waals surface area contributed by atoms with E-state index in [9.17, 15) is 0 Å². The highest BCUT2D eigenvalue weighted by molar-refractivity contribution is 6.18. The summed E-state index contributed by atoms with van der Waals surface area (Å²) < 4.78 is 0. The van der Waals surface area contributed by atoms with Gasteiger partial charge in [0.1, 0.15) is 0 Å². The molecule has 0 atom stereocenters. The number of allylic oxidation sites excluding steroid dienone is 1. The van der Waals surface area contributed by atoms with E-state index >= 15 is 0 Å². The summed E-state index contributed by atoms with van der Waals surface area (Å²) in [6.07, 6.45) is 0. The van der Waals surface area contributed by atoms with Gasteiger partial charge < -0.3 is 5.32 Å². The van der Waals surface area contributed by atoms with Crippen LogP contribution in [0.1, 0.15) is 29.2 Å². The SMILES string of the molecule is C/C(C(=Nc1ccc(C)cc1)c1ccccc1)=C(/[N-]c1ccc(C)cc1)c1ccccc1. The second-order valence-electron chi connectivity index (χ2n) is 7.95. The molecule has 0 bridgehead atoms. The topological polar surface area (TPSA) is 26.5 Å². The minimum Gasteiger partial charge on any atom is -0.657 e. The predicted molar refractivity (Wildman–Crippen MR) is 137 cm³/mol. The summed E-state index contributed by atoms with van der Waals surface area (Å²) in [4.78, 5) is 5.07. The number of aryl methyl sites for hydroxylation is 2. The summed E-state index contributed by atoms with van der Waals surface area (Å²) in [5.74, 6) is 0. The van der Waals surface area contributed by atoms with Crippen LogP contribution < -0.4 is 0 Å². The van der Waals surface area contributed by atoms with E-state index in [1.54, 1.807) is 0 Å². The Balaban J connectivity index is 1.88. The van der Waals surface area contributed by atoms with Gasteiger partial charge in [-0.05, 0) is 44.0 Å². The van der Waals surface area contributed by atoms with Crippen LogP contribution in [0.4, 0.5) is 11.4 Å². The standard InChI is InChI=1S/C30H27N2/c1-22-14-18-27(19-15-22)31-29(25-10-6-4-7-11-25)24(3)30(26-12-8-5-9-13-26)32-28-20-16-23(2)17-21-28/h4-21H,1-3H3/q-1/b29-24-,32-30?. The zero-order valence-corrected chi connectivity index (χ0v) is 18.8. The van der Waals surface area contributed by atoms with E-state index in [4.69, 9.17) is 10.3 Å². The third kappa shape index (κ3) is 5.22. The van der Waals surface area contributed by atoms with E-state index in [0.29, 0.717) is 0 Å². The predicted octanol–water partition coefficient (Wildman–Crippen LogP) is 8.56. The van der Waals surface area contributed by atoms with Crippen molar-refractivity contribution in [3.63, 3.8) is 0 Å². The number of nitrogens with zero attached hydrogens (tertiary/aromatic N) is 2. The van der Waals surface area contributed by atoms with Crippen LogP contribution in [-0.2, 0) is 0 Å². The number of hydrogen-bond acceptors (Lipinski definition) is 1. The van der Waals surface area contributed by atoms with E-state index in [-0.39, 0.29) is 0 Å². The first kappa shape index (κ1) is 21.3. The molecule has 32 heavy (non-hydrogen) atoms. The van der Waals surface area contributed by atoms with Gasteiger partial charge in [-0.1, -0.05) is 108 Å². The quantitative estimate of drug-likeness (QED) is 0.282. The molecule has 4 aromatic carbocycles. The maximum absolute atomic E-state index is 5.07. The lowest BCUT2D eigenvalue weighted by molar-refractivity contribution is 1.41. The van der Waals surface area contributed by atoms with Gasteiger partial charge in [0.25, 0.3) is 0 Å². The Labute approximate surface area is 191 Å². The van der Waals surface area contributed by atoms with Crippen LogP contribution in [-0.4, -0.2) is 5.71 Å². The highest BCUT2D eigenvalue weighted by Crippen LogP contribution is 2.35. The summed E-state index contributed by atoms with van der Waals surface area (Å²) in [5, 5.41) is 5.07. The van der Waals surface area contributed by atoms with Crippen molar-refractivity contribution in [3.05, 3.63) is 142 Å². The molecule has 2 nitrogen and oxygen atoms in total. The van der Waals surface area contributed by atoms with Crippen molar-refractivity contribution in [2.45, 2.75) is 20.8 Å². The Kier molecular flexibility index (Phi) is 6.62. The number of hydrogen-bond donors (Lipinski definition) is 0.